The van der Waals surface area contributed by atoms with Gasteiger partial charge in [-0.05, 0) is 24.5 Å². The predicted molar refractivity (Wildman–Crippen MR) is 51.8 cm³/mol. The average Bonchev–Trinajstić information content (AvgIpc) is 2.08. The van der Waals surface area contributed by atoms with Crippen molar-refractivity contribution in [3.8, 4) is 0 Å². The standard InChI is InChI=1S/C10H13NO2/c1-3-4-9-5-6-10(11(12)13)7-8(9)2/h5-7H,3-4H2,1-2H3. The van der Waals surface area contributed by atoms with Gasteiger partial charge >= 0.3 is 0 Å². The van der Waals surface area contributed by atoms with Gasteiger partial charge in [0, 0.05) is 12.1 Å². The van der Waals surface area contributed by atoms with Gasteiger partial charge in [0.25, 0.3) is 5.69 Å². The number of hydrogen-bond acceptors (Lipinski definition) is 2. The molecule has 0 aliphatic carbocycles. The molecule has 0 radical (unpaired) electrons. The van der Waals surface area contributed by atoms with Crippen molar-refractivity contribution < 1.29 is 4.92 Å². The van der Waals surface area contributed by atoms with E-state index in [2.05, 4.69) is 6.92 Å². The third kappa shape index (κ3) is 2.28. The zero-order chi connectivity index (χ0) is 9.84. The van der Waals surface area contributed by atoms with E-state index in [1.54, 1.807) is 12.1 Å². The molecule has 0 aromatic heterocycles. The minimum atomic E-state index is -0.358. The van der Waals surface area contributed by atoms with Gasteiger partial charge in [0.2, 0.25) is 0 Å². The molecular weight excluding hydrogens is 166 g/mol. The third-order valence-corrected chi connectivity index (χ3v) is 2.06. The molecule has 1 rings (SSSR count). The first-order valence-corrected chi connectivity index (χ1v) is 4.39. The van der Waals surface area contributed by atoms with Crippen LogP contribution in [-0.2, 0) is 6.42 Å². The molecule has 0 unspecified atom stereocenters. The molecule has 0 fully saturated rings. The van der Waals surface area contributed by atoms with Crippen LogP contribution in [0, 0.1) is 17.0 Å². The van der Waals surface area contributed by atoms with E-state index >= 15 is 0 Å². The molecule has 0 saturated carbocycles. The summed E-state index contributed by atoms with van der Waals surface area (Å²) >= 11 is 0. The normalized spacial score (nSPS) is 10.0. The van der Waals surface area contributed by atoms with Crippen LogP contribution in [0.1, 0.15) is 24.5 Å². The number of benzene rings is 1. The lowest BCUT2D eigenvalue weighted by atomic mass is 10.0. The second-order valence-electron chi connectivity index (χ2n) is 3.12. The second-order valence-corrected chi connectivity index (χ2v) is 3.12. The molecule has 0 aliphatic rings. The summed E-state index contributed by atoms with van der Waals surface area (Å²) in [6.07, 6.45) is 2.06. The van der Waals surface area contributed by atoms with Gasteiger partial charge in [-0.25, -0.2) is 0 Å². The van der Waals surface area contributed by atoms with Crippen LogP contribution >= 0.6 is 0 Å². The molecular formula is C10H13NO2. The summed E-state index contributed by atoms with van der Waals surface area (Å²) in [4.78, 5) is 10.1. The van der Waals surface area contributed by atoms with Gasteiger partial charge in [0.15, 0.2) is 0 Å². The van der Waals surface area contributed by atoms with Crippen LogP contribution in [0.5, 0.6) is 0 Å². The molecule has 0 atom stereocenters. The summed E-state index contributed by atoms with van der Waals surface area (Å²) < 4.78 is 0. The fraction of sp³-hybridized carbons (Fsp3) is 0.400. The highest BCUT2D eigenvalue weighted by molar-refractivity contribution is 5.39. The summed E-state index contributed by atoms with van der Waals surface area (Å²) in [5.41, 5.74) is 2.39. The summed E-state index contributed by atoms with van der Waals surface area (Å²) in [5.74, 6) is 0. The number of hydrogen-bond donors (Lipinski definition) is 0. The third-order valence-electron chi connectivity index (χ3n) is 2.06. The Hall–Kier alpha value is -1.38. The Balaban J connectivity index is 2.98. The van der Waals surface area contributed by atoms with E-state index in [-0.39, 0.29) is 10.6 Å². The van der Waals surface area contributed by atoms with E-state index in [4.69, 9.17) is 0 Å². The second kappa shape index (κ2) is 4.03. The molecule has 13 heavy (non-hydrogen) atoms. The first kappa shape index (κ1) is 9.71. The highest BCUT2D eigenvalue weighted by Crippen LogP contribution is 2.17. The number of nitro groups is 1. The minimum Gasteiger partial charge on any atom is -0.258 e. The molecule has 0 saturated heterocycles. The van der Waals surface area contributed by atoms with Crippen molar-refractivity contribution in [3.05, 3.63) is 39.4 Å². The van der Waals surface area contributed by atoms with Crippen LogP contribution in [0.2, 0.25) is 0 Å². The number of non-ortho nitro benzene ring substituents is 1. The monoisotopic (exact) mass is 179 g/mol. The van der Waals surface area contributed by atoms with E-state index < -0.39 is 0 Å². The summed E-state index contributed by atoms with van der Waals surface area (Å²) in [5, 5.41) is 10.4. The molecule has 0 bridgehead atoms. The van der Waals surface area contributed by atoms with Gasteiger partial charge in [0.05, 0.1) is 4.92 Å². The molecule has 3 nitrogen and oxygen atoms in total. The minimum absolute atomic E-state index is 0.178. The van der Waals surface area contributed by atoms with Gasteiger partial charge in [-0.1, -0.05) is 19.4 Å². The van der Waals surface area contributed by atoms with Gasteiger partial charge in [-0.2, -0.15) is 0 Å². The van der Waals surface area contributed by atoms with E-state index in [1.807, 2.05) is 13.0 Å². The van der Waals surface area contributed by atoms with E-state index in [0.717, 1.165) is 18.4 Å². The molecule has 0 N–H and O–H groups in total. The molecule has 1 aromatic carbocycles. The van der Waals surface area contributed by atoms with Gasteiger partial charge < -0.3 is 0 Å². The number of rotatable bonds is 3. The van der Waals surface area contributed by atoms with Crippen LogP contribution < -0.4 is 0 Å². The molecule has 0 spiro atoms. The molecule has 70 valence electrons. The Morgan fingerprint density at radius 3 is 2.62 bits per heavy atom. The van der Waals surface area contributed by atoms with Crippen LogP contribution in [0.25, 0.3) is 0 Å². The topological polar surface area (TPSA) is 43.1 Å². The van der Waals surface area contributed by atoms with Crippen molar-refractivity contribution >= 4 is 5.69 Å². The van der Waals surface area contributed by atoms with E-state index in [9.17, 15) is 10.1 Å². The highest BCUT2D eigenvalue weighted by Gasteiger charge is 2.06. The quantitative estimate of drug-likeness (QED) is 0.529. The number of nitrogens with zero attached hydrogens (tertiary/aromatic N) is 1. The van der Waals surface area contributed by atoms with Crippen molar-refractivity contribution in [2.24, 2.45) is 0 Å². The first-order chi connectivity index (χ1) is 6.15. The van der Waals surface area contributed by atoms with Crippen molar-refractivity contribution in [2.75, 3.05) is 0 Å². The fourth-order valence-corrected chi connectivity index (χ4v) is 1.34. The lowest BCUT2D eigenvalue weighted by Crippen LogP contribution is -1.92. The molecule has 0 aliphatic heterocycles. The zero-order valence-corrected chi connectivity index (χ0v) is 7.91. The maximum atomic E-state index is 10.4. The summed E-state index contributed by atoms with van der Waals surface area (Å²) in [6.45, 7) is 4.01. The van der Waals surface area contributed by atoms with Crippen molar-refractivity contribution in [3.63, 3.8) is 0 Å². The Morgan fingerprint density at radius 2 is 2.15 bits per heavy atom. The average molecular weight is 179 g/mol. The van der Waals surface area contributed by atoms with Gasteiger partial charge in [-0.3, -0.25) is 10.1 Å². The Bertz CT molecular complexity index is 321. The Labute approximate surface area is 77.5 Å². The Kier molecular flexibility index (Phi) is 3.01. The molecule has 3 heteroatoms. The summed E-state index contributed by atoms with van der Waals surface area (Å²) in [6, 6.07) is 5.04. The van der Waals surface area contributed by atoms with Crippen molar-refractivity contribution in [1.29, 1.82) is 0 Å². The maximum absolute atomic E-state index is 10.4. The van der Waals surface area contributed by atoms with Gasteiger partial charge in [-0.15, -0.1) is 0 Å². The zero-order valence-electron chi connectivity index (χ0n) is 7.91. The van der Waals surface area contributed by atoms with E-state index in [0.29, 0.717) is 0 Å². The van der Waals surface area contributed by atoms with Crippen LogP contribution in [-0.4, -0.2) is 4.92 Å². The van der Waals surface area contributed by atoms with Crippen LogP contribution in [0.15, 0.2) is 18.2 Å². The largest absolute Gasteiger partial charge is 0.269 e. The number of aryl methyl sites for hydroxylation is 2. The Morgan fingerprint density at radius 1 is 1.46 bits per heavy atom. The maximum Gasteiger partial charge on any atom is 0.269 e. The smallest absolute Gasteiger partial charge is 0.258 e. The van der Waals surface area contributed by atoms with Crippen molar-refractivity contribution in [2.45, 2.75) is 26.7 Å². The van der Waals surface area contributed by atoms with Crippen molar-refractivity contribution in [1.82, 2.24) is 0 Å². The lowest BCUT2D eigenvalue weighted by Gasteiger charge is -2.02. The lowest BCUT2D eigenvalue weighted by molar-refractivity contribution is -0.384. The number of nitro benzene ring substituents is 1. The van der Waals surface area contributed by atoms with Gasteiger partial charge in [0.1, 0.15) is 0 Å². The van der Waals surface area contributed by atoms with Crippen LogP contribution in [0.3, 0.4) is 0 Å². The van der Waals surface area contributed by atoms with Crippen LogP contribution in [0.4, 0.5) is 5.69 Å². The molecule has 1 aromatic rings. The summed E-state index contributed by atoms with van der Waals surface area (Å²) in [7, 11) is 0. The first-order valence-electron chi connectivity index (χ1n) is 4.39. The fourth-order valence-electron chi connectivity index (χ4n) is 1.34. The predicted octanol–water partition coefficient (Wildman–Crippen LogP) is 2.86. The highest BCUT2D eigenvalue weighted by atomic mass is 16.6. The SMILES string of the molecule is CCCc1ccc([N+](=O)[O-])cc1C. The molecule has 0 amide bonds. The molecule has 0 heterocycles. The van der Waals surface area contributed by atoms with E-state index in [1.165, 1.54) is 5.56 Å².